The monoisotopic (exact) mass is 221 g/mol. The van der Waals surface area contributed by atoms with Crippen molar-refractivity contribution in [2.24, 2.45) is 0 Å². The van der Waals surface area contributed by atoms with Gasteiger partial charge in [0.25, 0.3) is 0 Å². The topological polar surface area (TPSA) is 3.24 Å². The Kier molecular flexibility index (Phi) is 5.25. The maximum Gasteiger partial charge on any atom is 0.0596 e. The first-order valence-electron chi connectivity index (χ1n) is 5.02. The lowest BCUT2D eigenvalue weighted by Gasteiger charge is -2.17. The molecule has 0 saturated carbocycles. The van der Waals surface area contributed by atoms with E-state index in [1.54, 1.807) is 0 Å². The quantitative estimate of drug-likeness (QED) is 0.545. The molecule has 0 unspecified atom stereocenters. The van der Waals surface area contributed by atoms with Crippen LogP contribution in [0.25, 0.3) is 0 Å². The number of alkyl halides is 1. The van der Waals surface area contributed by atoms with Gasteiger partial charge in [-0.05, 0) is 19.0 Å². The van der Waals surface area contributed by atoms with Crippen molar-refractivity contribution in [2.75, 3.05) is 20.1 Å². The van der Waals surface area contributed by atoms with Gasteiger partial charge in [-0.1, -0.05) is 36.3 Å². The van der Waals surface area contributed by atoms with Crippen LogP contribution in [0, 0.1) is 12.3 Å². The molecule has 0 aliphatic heterocycles. The highest BCUT2D eigenvalue weighted by Gasteiger charge is 2.08. The predicted octanol–water partition coefficient (Wildman–Crippen LogP) is 2.40. The molecule has 80 valence electrons. The Morgan fingerprint density at radius 3 is 2.67 bits per heavy atom. The molecular formula is C13H16ClN. The minimum Gasteiger partial charge on any atom is -0.294 e. The highest BCUT2D eigenvalue weighted by Crippen LogP contribution is 2.08. The van der Waals surface area contributed by atoms with E-state index in [9.17, 15) is 0 Å². The number of hydrogen-bond donors (Lipinski definition) is 0. The normalized spacial score (nSPS) is 12.4. The summed E-state index contributed by atoms with van der Waals surface area (Å²) in [5, 5.41) is 0.116. The molecule has 15 heavy (non-hydrogen) atoms. The van der Waals surface area contributed by atoms with Gasteiger partial charge in [-0.15, -0.1) is 18.0 Å². The third kappa shape index (κ3) is 4.88. The average Bonchev–Trinajstić information content (AvgIpc) is 2.19. The van der Waals surface area contributed by atoms with Gasteiger partial charge in [0.15, 0.2) is 0 Å². The maximum absolute atomic E-state index is 6.24. The first-order chi connectivity index (χ1) is 7.22. The average molecular weight is 222 g/mol. The SMILES string of the molecule is C#CCN(C)C[C@@H](Cl)Cc1ccccc1. The molecule has 0 aliphatic carbocycles. The molecule has 1 aromatic carbocycles. The molecule has 0 radical (unpaired) electrons. The number of nitrogens with zero attached hydrogens (tertiary/aromatic N) is 1. The molecule has 0 heterocycles. The van der Waals surface area contributed by atoms with E-state index in [2.05, 4.69) is 23.0 Å². The Labute approximate surface area is 97.0 Å². The molecule has 1 nitrogen and oxygen atoms in total. The van der Waals surface area contributed by atoms with Crippen molar-refractivity contribution in [3.8, 4) is 12.3 Å². The van der Waals surface area contributed by atoms with Gasteiger partial charge in [0.1, 0.15) is 0 Å². The third-order valence-corrected chi connectivity index (χ3v) is 2.46. The van der Waals surface area contributed by atoms with Crippen LogP contribution < -0.4 is 0 Å². The van der Waals surface area contributed by atoms with E-state index in [1.807, 2.05) is 25.2 Å². The second-order valence-electron chi connectivity index (χ2n) is 3.69. The standard InChI is InChI=1S/C13H16ClN/c1-3-9-15(2)11-13(14)10-12-7-5-4-6-8-12/h1,4-8,13H,9-11H2,2H3/t13-/m0/s1. The summed E-state index contributed by atoms with van der Waals surface area (Å²) >= 11 is 6.24. The molecule has 0 aromatic heterocycles. The number of terminal acetylenes is 1. The van der Waals surface area contributed by atoms with Crippen LogP contribution in [0.2, 0.25) is 0 Å². The fraction of sp³-hybridized carbons (Fsp3) is 0.385. The summed E-state index contributed by atoms with van der Waals surface area (Å²) in [6, 6.07) is 10.3. The molecule has 1 atom stereocenters. The van der Waals surface area contributed by atoms with Gasteiger partial charge >= 0.3 is 0 Å². The van der Waals surface area contributed by atoms with E-state index in [4.69, 9.17) is 18.0 Å². The van der Waals surface area contributed by atoms with E-state index in [0.29, 0.717) is 6.54 Å². The van der Waals surface area contributed by atoms with E-state index >= 15 is 0 Å². The summed E-state index contributed by atoms with van der Waals surface area (Å²) in [6.07, 6.45) is 6.11. The number of halogens is 1. The summed E-state index contributed by atoms with van der Waals surface area (Å²) in [5.74, 6) is 2.60. The van der Waals surface area contributed by atoms with E-state index in [0.717, 1.165) is 13.0 Å². The zero-order valence-electron chi connectivity index (χ0n) is 8.99. The summed E-state index contributed by atoms with van der Waals surface area (Å²) < 4.78 is 0. The molecule has 1 rings (SSSR count). The van der Waals surface area contributed by atoms with E-state index in [-0.39, 0.29) is 5.38 Å². The van der Waals surface area contributed by atoms with Crippen LogP contribution in [-0.2, 0) is 6.42 Å². The molecule has 0 saturated heterocycles. The van der Waals surface area contributed by atoms with Crippen molar-refractivity contribution >= 4 is 11.6 Å². The van der Waals surface area contributed by atoms with Crippen LogP contribution >= 0.6 is 11.6 Å². The summed E-state index contributed by atoms with van der Waals surface area (Å²) in [6.45, 7) is 1.47. The van der Waals surface area contributed by atoms with Gasteiger partial charge in [-0.2, -0.15) is 0 Å². The zero-order valence-corrected chi connectivity index (χ0v) is 9.74. The largest absolute Gasteiger partial charge is 0.294 e. The Bertz CT molecular complexity index is 315. The van der Waals surface area contributed by atoms with E-state index < -0.39 is 0 Å². The lowest BCUT2D eigenvalue weighted by atomic mass is 10.1. The van der Waals surface area contributed by atoms with Crippen LogP contribution in [-0.4, -0.2) is 30.4 Å². The first-order valence-corrected chi connectivity index (χ1v) is 5.46. The van der Waals surface area contributed by atoms with Crippen LogP contribution in [0.3, 0.4) is 0 Å². The lowest BCUT2D eigenvalue weighted by molar-refractivity contribution is 0.372. The number of rotatable bonds is 5. The van der Waals surface area contributed by atoms with Crippen molar-refractivity contribution in [2.45, 2.75) is 11.8 Å². The van der Waals surface area contributed by atoms with Gasteiger partial charge in [-0.25, -0.2) is 0 Å². The highest BCUT2D eigenvalue weighted by atomic mass is 35.5. The third-order valence-electron chi connectivity index (χ3n) is 2.17. The molecule has 0 amide bonds. The van der Waals surface area contributed by atoms with Crippen molar-refractivity contribution in [3.05, 3.63) is 35.9 Å². The van der Waals surface area contributed by atoms with Gasteiger partial charge in [-0.3, -0.25) is 4.90 Å². The molecule has 0 spiro atoms. The Morgan fingerprint density at radius 2 is 2.07 bits per heavy atom. The van der Waals surface area contributed by atoms with Crippen molar-refractivity contribution < 1.29 is 0 Å². The molecule has 0 aliphatic rings. The fourth-order valence-electron chi connectivity index (χ4n) is 1.49. The lowest BCUT2D eigenvalue weighted by Crippen LogP contribution is -2.27. The predicted molar refractivity (Wildman–Crippen MR) is 66.1 cm³/mol. The molecule has 0 fully saturated rings. The minimum absolute atomic E-state index is 0.116. The Balaban J connectivity index is 2.37. The van der Waals surface area contributed by atoms with Crippen molar-refractivity contribution in [1.29, 1.82) is 0 Å². The van der Waals surface area contributed by atoms with Crippen LogP contribution in [0.1, 0.15) is 5.56 Å². The van der Waals surface area contributed by atoms with Crippen molar-refractivity contribution in [3.63, 3.8) is 0 Å². The smallest absolute Gasteiger partial charge is 0.0596 e. The van der Waals surface area contributed by atoms with Crippen molar-refractivity contribution in [1.82, 2.24) is 4.90 Å². The van der Waals surface area contributed by atoms with Gasteiger partial charge < -0.3 is 0 Å². The fourth-order valence-corrected chi connectivity index (χ4v) is 1.91. The Morgan fingerprint density at radius 1 is 1.40 bits per heavy atom. The van der Waals surface area contributed by atoms with Crippen LogP contribution in [0.15, 0.2) is 30.3 Å². The molecule has 1 aromatic rings. The number of benzene rings is 1. The molecule has 0 bridgehead atoms. The summed E-state index contributed by atoms with van der Waals surface area (Å²) in [7, 11) is 1.99. The van der Waals surface area contributed by atoms with Gasteiger partial charge in [0, 0.05) is 6.54 Å². The second-order valence-corrected chi connectivity index (χ2v) is 4.31. The van der Waals surface area contributed by atoms with Gasteiger partial charge in [0.2, 0.25) is 0 Å². The maximum atomic E-state index is 6.24. The zero-order chi connectivity index (χ0) is 11.1. The molecular weight excluding hydrogens is 206 g/mol. The first kappa shape index (κ1) is 12.1. The minimum atomic E-state index is 0.116. The van der Waals surface area contributed by atoms with Crippen LogP contribution in [0.5, 0.6) is 0 Å². The summed E-state index contributed by atoms with van der Waals surface area (Å²) in [4.78, 5) is 2.06. The number of hydrogen-bond acceptors (Lipinski definition) is 1. The molecule has 0 N–H and O–H groups in total. The van der Waals surface area contributed by atoms with E-state index in [1.165, 1.54) is 5.56 Å². The highest BCUT2D eigenvalue weighted by molar-refractivity contribution is 6.20. The Hall–Kier alpha value is -0.970. The summed E-state index contributed by atoms with van der Waals surface area (Å²) in [5.41, 5.74) is 1.27. The van der Waals surface area contributed by atoms with Crippen LogP contribution in [0.4, 0.5) is 0 Å². The van der Waals surface area contributed by atoms with Gasteiger partial charge in [0.05, 0.1) is 11.9 Å². The molecule has 2 heteroatoms. The second kappa shape index (κ2) is 6.50.